The van der Waals surface area contributed by atoms with E-state index >= 15 is 0 Å². The molecule has 0 aromatic heterocycles. The summed E-state index contributed by atoms with van der Waals surface area (Å²) >= 11 is 0. The highest BCUT2D eigenvalue weighted by molar-refractivity contribution is 5.92. The number of carbonyl (C=O) groups excluding carboxylic acids is 1. The largest absolute Gasteiger partial charge is 0.392 e. The van der Waals surface area contributed by atoms with Crippen LogP contribution < -0.4 is 10.6 Å². The van der Waals surface area contributed by atoms with Crippen LogP contribution in [0.5, 0.6) is 0 Å². The van der Waals surface area contributed by atoms with E-state index in [0.717, 1.165) is 12.0 Å². The fraction of sp³-hybridized carbons (Fsp3) is 0.462. The first-order chi connectivity index (χ1) is 8.15. The van der Waals surface area contributed by atoms with Crippen molar-refractivity contribution in [1.82, 2.24) is 5.32 Å². The van der Waals surface area contributed by atoms with Crippen molar-refractivity contribution in [2.75, 3.05) is 11.9 Å². The Labute approximate surface area is 102 Å². The smallest absolute Gasteiger partial charge is 0.238 e. The van der Waals surface area contributed by atoms with Crippen LogP contribution in [0.1, 0.15) is 25.8 Å². The Morgan fingerprint density at radius 2 is 2.24 bits per heavy atom. The Hall–Kier alpha value is -1.39. The summed E-state index contributed by atoms with van der Waals surface area (Å²) in [5.41, 5.74) is 1.50. The molecule has 0 saturated heterocycles. The summed E-state index contributed by atoms with van der Waals surface area (Å²) in [6.45, 7) is 4.40. The van der Waals surface area contributed by atoms with Crippen molar-refractivity contribution in [2.24, 2.45) is 0 Å². The van der Waals surface area contributed by atoms with Crippen molar-refractivity contribution in [3.05, 3.63) is 29.8 Å². The van der Waals surface area contributed by atoms with Gasteiger partial charge in [0.05, 0.1) is 13.2 Å². The van der Waals surface area contributed by atoms with Crippen LogP contribution in [0.15, 0.2) is 24.3 Å². The van der Waals surface area contributed by atoms with Gasteiger partial charge in [-0.2, -0.15) is 0 Å². The maximum atomic E-state index is 11.6. The third kappa shape index (κ3) is 4.97. The number of nitrogens with one attached hydrogen (secondary N) is 2. The van der Waals surface area contributed by atoms with Gasteiger partial charge in [-0.05, 0) is 31.0 Å². The number of hydrogen-bond acceptors (Lipinski definition) is 3. The monoisotopic (exact) mass is 236 g/mol. The molecule has 0 aliphatic rings. The number of rotatable bonds is 6. The fourth-order valence-electron chi connectivity index (χ4n) is 1.36. The first-order valence-corrected chi connectivity index (χ1v) is 5.88. The van der Waals surface area contributed by atoms with E-state index in [4.69, 9.17) is 5.11 Å². The Kier molecular flexibility index (Phi) is 5.66. The molecule has 4 heteroatoms. The third-order valence-corrected chi connectivity index (χ3v) is 2.62. The van der Waals surface area contributed by atoms with Gasteiger partial charge in [-0.25, -0.2) is 0 Å². The normalized spacial score (nSPS) is 12.2. The molecule has 0 aliphatic heterocycles. The van der Waals surface area contributed by atoms with Gasteiger partial charge in [0.15, 0.2) is 0 Å². The Balaban J connectivity index is 2.44. The van der Waals surface area contributed by atoms with E-state index in [0.29, 0.717) is 18.3 Å². The van der Waals surface area contributed by atoms with Crippen LogP contribution in [0.2, 0.25) is 0 Å². The van der Waals surface area contributed by atoms with Gasteiger partial charge in [0.1, 0.15) is 0 Å². The van der Waals surface area contributed by atoms with Crippen molar-refractivity contribution >= 4 is 11.6 Å². The van der Waals surface area contributed by atoms with Gasteiger partial charge in [0.25, 0.3) is 0 Å². The summed E-state index contributed by atoms with van der Waals surface area (Å²) in [7, 11) is 0. The lowest BCUT2D eigenvalue weighted by molar-refractivity contribution is -0.115. The van der Waals surface area contributed by atoms with Crippen LogP contribution in [0.25, 0.3) is 0 Å². The average Bonchev–Trinajstić information content (AvgIpc) is 2.36. The molecule has 1 aromatic rings. The number of aliphatic hydroxyl groups is 1. The Bertz CT molecular complexity index is 366. The maximum absolute atomic E-state index is 11.6. The minimum Gasteiger partial charge on any atom is -0.392 e. The van der Waals surface area contributed by atoms with Gasteiger partial charge >= 0.3 is 0 Å². The van der Waals surface area contributed by atoms with E-state index in [1.54, 1.807) is 12.1 Å². The number of hydrogen-bond donors (Lipinski definition) is 3. The van der Waals surface area contributed by atoms with Crippen LogP contribution in [-0.4, -0.2) is 23.6 Å². The zero-order valence-electron chi connectivity index (χ0n) is 10.4. The second-order valence-corrected chi connectivity index (χ2v) is 4.10. The molecule has 1 unspecified atom stereocenters. The van der Waals surface area contributed by atoms with Crippen molar-refractivity contribution in [1.29, 1.82) is 0 Å². The van der Waals surface area contributed by atoms with E-state index in [2.05, 4.69) is 17.6 Å². The number of aliphatic hydroxyl groups excluding tert-OH is 1. The van der Waals surface area contributed by atoms with Gasteiger partial charge in [-0.15, -0.1) is 0 Å². The molecule has 0 radical (unpaired) electrons. The zero-order valence-corrected chi connectivity index (χ0v) is 10.4. The van der Waals surface area contributed by atoms with Gasteiger partial charge in [-0.1, -0.05) is 19.1 Å². The summed E-state index contributed by atoms with van der Waals surface area (Å²) in [5.74, 6) is -0.0691. The molecule has 17 heavy (non-hydrogen) atoms. The number of amides is 1. The Morgan fingerprint density at radius 1 is 1.47 bits per heavy atom. The molecule has 0 heterocycles. The molecule has 1 atom stereocenters. The summed E-state index contributed by atoms with van der Waals surface area (Å²) in [5, 5.41) is 14.9. The van der Waals surface area contributed by atoms with Gasteiger partial charge in [0, 0.05) is 11.7 Å². The van der Waals surface area contributed by atoms with Crippen molar-refractivity contribution in [3.63, 3.8) is 0 Å². The number of benzene rings is 1. The summed E-state index contributed by atoms with van der Waals surface area (Å²) in [6, 6.07) is 7.53. The summed E-state index contributed by atoms with van der Waals surface area (Å²) in [6.07, 6.45) is 0.993. The first-order valence-electron chi connectivity index (χ1n) is 5.88. The molecule has 0 bridgehead atoms. The molecule has 1 amide bonds. The van der Waals surface area contributed by atoms with Crippen LogP contribution in [0.4, 0.5) is 5.69 Å². The quantitative estimate of drug-likeness (QED) is 0.701. The average molecular weight is 236 g/mol. The van der Waals surface area contributed by atoms with Crippen molar-refractivity contribution in [2.45, 2.75) is 32.9 Å². The highest BCUT2D eigenvalue weighted by Gasteiger charge is 2.04. The molecular formula is C13H20N2O2. The molecule has 94 valence electrons. The predicted molar refractivity (Wildman–Crippen MR) is 68.8 cm³/mol. The van der Waals surface area contributed by atoms with Gasteiger partial charge < -0.3 is 15.7 Å². The minimum atomic E-state index is -0.0691. The van der Waals surface area contributed by atoms with Gasteiger partial charge in [0.2, 0.25) is 5.91 Å². The number of carbonyl (C=O) groups is 1. The zero-order chi connectivity index (χ0) is 12.7. The second kappa shape index (κ2) is 7.04. The lowest BCUT2D eigenvalue weighted by atomic mass is 10.2. The lowest BCUT2D eigenvalue weighted by Crippen LogP contribution is -2.33. The van der Waals surface area contributed by atoms with E-state index in [9.17, 15) is 4.79 Å². The molecule has 0 spiro atoms. The summed E-state index contributed by atoms with van der Waals surface area (Å²) < 4.78 is 0. The predicted octanol–water partition coefficient (Wildman–Crippen LogP) is 1.51. The Morgan fingerprint density at radius 3 is 2.88 bits per heavy atom. The highest BCUT2D eigenvalue weighted by atomic mass is 16.3. The van der Waals surface area contributed by atoms with Crippen molar-refractivity contribution in [3.8, 4) is 0 Å². The van der Waals surface area contributed by atoms with Crippen LogP contribution >= 0.6 is 0 Å². The molecule has 0 aliphatic carbocycles. The molecule has 1 aromatic carbocycles. The fourth-order valence-corrected chi connectivity index (χ4v) is 1.36. The van der Waals surface area contributed by atoms with E-state index in [1.807, 2.05) is 19.1 Å². The van der Waals surface area contributed by atoms with E-state index < -0.39 is 0 Å². The molecule has 1 rings (SSSR count). The molecule has 4 nitrogen and oxygen atoms in total. The van der Waals surface area contributed by atoms with Crippen molar-refractivity contribution < 1.29 is 9.90 Å². The maximum Gasteiger partial charge on any atom is 0.238 e. The van der Waals surface area contributed by atoms with Crippen LogP contribution in [0, 0.1) is 0 Å². The highest BCUT2D eigenvalue weighted by Crippen LogP contribution is 2.10. The van der Waals surface area contributed by atoms with Gasteiger partial charge in [-0.3, -0.25) is 4.79 Å². The summed E-state index contributed by atoms with van der Waals surface area (Å²) in [4.78, 5) is 11.6. The molecule has 0 fully saturated rings. The molecular weight excluding hydrogens is 216 g/mol. The third-order valence-electron chi connectivity index (χ3n) is 2.62. The van der Waals surface area contributed by atoms with E-state index in [-0.39, 0.29) is 12.5 Å². The van der Waals surface area contributed by atoms with Crippen LogP contribution in [0.3, 0.4) is 0 Å². The molecule has 0 saturated carbocycles. The topological polar surface area (TPSA) is 61.4 Å². The standard InChI is InChI=1S/C13H20N2O2/c1-3-10(2)14-8-13(17)15-12-6-4-5-11(7-12)9-16/h4-7,10,14,16H,3,8-9H2,1-2H3,(H,15,17). The lowest BCUT2D eigenvalue weighted by Gasteiger charge is -2.11. The second-order valence-electron chi connectivity index (χ2n) is 4.10. The van der Waals surface area contributed by atoms with E-state index in [1.165, 1.54) is 0 Å². The molecule has 3 N–H and O–H groups in total. The van der Waals surface area contributed by atoms with Crippen LogP contribution in [-0.2, 0) is 11.4 Å². The first kappa shape index (κ1) is 13.7. The SMILES string of the molecule is CCC(C)NCC(=O)Nc1cccc(CO)c1. The minimum absolute atomic E-state index is 0.0190. The number of anilines is 1.